The molecule has 0 saturated heterocycles. The number of H-pyrrole nitrogens is 1. The summed E-state index contributed by atoms with van der Waals surface area (Å²) < 4.78 is 0. The minimum absolute atomic E-state index is 0.106. The SMILES string of the molecule is Cc1cc(C(=O)NC(Cc2ccc(-c3ccccc3)cc2)C[C@@H](O)C(=O)O)n[nH]1. The number of rotatable bonds is 8. The zero-order chi connectivity index (χ0) is 20.8. The number of carboxylic acids is 1. The number of aliphatic carboxylic acids is 1. The Bertz CT molecular complexity index is 967. The van der Waals surface area contributed by atoms with Gasteiger partial charge in [-0.05, 0) is 36.1 Å². The summed E-state index contributed by atoms with van der Waals surface area (Å²) in [4.78, 5) is 23.5. The zero-order valence-corrected chi connectivity index (χ0v) is 16.0. The summed E-state index contributed by atoms with van der Waals surface area (Å²) in [6, 6.07) is 18.8. The van der Waals surface area contributed by atoms with Gasteiger partial charge in [0.2, 0.25) is 0 Å². The molecule has 2 atom stereocenters. The van der Waals surface area contributed by atoms with E-state index in [1.165, 1.54) is 0 Å². The molecular formula is C22H23N3O4. The van der Waals surface area contributed by atoms with Crippen molar-refractivity contribution in [2.45, 2.75) is 31.9 Å². The van der Waals surface area contributed by atoms with Crippen LogP contribution >= 0.6 is 0 Å². The molecule has 1 amide bonds. The van der Waals surface area contributed by atoms with E-state index < -0.39 is 24.0 Å². The van der Waals surface area contributed by atoms with Crippen molar-refractivity contribution in [1.82, 2.24) is 15.5 Å². The van der Waals surface area contributed by atoms with Crippen LogP contribution in [0.15, 0.2) is 60.7 Å². The number of carbonyl (C=O) groups excluding carboxylic acids is 1. The zero-order valence-electron chi connectivity index (χ0n) is 16.0. The number of nitrogens with zero attached hydrogens (tertiary/aromatic N) is 1. The van der Waals surface area contributed by atoms with Crippen molar-refractivity contribution in [2.24, 2.45) is 0 Å². The molecule has 1 heterocycles. The molecular weight excluding hydrogens is 370 g/mol. The molecule has 0 radical (unpaired) electrons. The third-order valence-corrected chi connectivity index (χ3v) is 4.61. The van der Waals surface area contributed by atoms with Gasteiger partial charge in [-0.1, -0.05) is 54.6 Å². The summed E-state index contributed by atoms with van der Waals surface area (Å²) >= 11 is 0. The van der Waals surface area contributed by atoms with Gasteiger partial charge in [0.25, 0.3) is 5.91 Å². The smallest absolute Gasteiger partial charge is 0.332 e. The lowest BCUT2D eigenvalue weighted by Crippen LogP contribution is -2.40. The molecule has 0 aliphatic rings. The maximum atomic E-state index is 12.4. The topological polar surface area (TPSA) is 115 Å². The normalized spacial score (nSPS) is 12.9. The van der Waals surface area contributed by atoms with Crippen LogP contribution in [0.5, 0.6) is 0 Å². The maximum Gasteiger partial charge on any atom is 0.332 e. The van der Waals surface area contributed by atoms with E-state index in [1.54, 1.807) is 13.0 Å². The van der Waals surface area contributed by atoms with Gasteiger partial charge in [0.15, 0.2) is 6.10 Å². The van der Waals surface area contributed by atoms with Crippen LogP contribution in [0, 0.1) is 6.92 Å². The standard InChI is InChI=1S/C22H23N3O4/c1-14-11-19(25-24-14)21(27)23-18(13-20(26)22(28)29)12-15-7-9-17(10-8-15)16-5-3-2-4-6-16/h2-11,18,20,26H,12-13H2,1H3,(H,23,27)(H,24,25)(H,28,29)/t18?,20-/m1/s1. The van der Waals surface area contributed by atoms with Crippen LogP contribution in [0.1, 0.15) is 28.2 Å². The van der Waals surface area contributed by atoms with Gasteiger partial charge in [0, 0.05) is 18.2 Å². The predicted octanol–water partition coefficient (Wildman–Crippen LogP) is 2.56. The summed E-state index contributed by atoms with van der Waals surface area (Å²) in [5, 5.41) is 28.2. The van der Waals surface area contributed by atoms with Crippen LogP contribution in [0.25, 0.3) is 11.1 Å². The fourth-order valence-corrected chi connectivity index (χ4v) is 3.11. The van der Waals surface area contributed by atoms with E-state index in [4.69, 9.17) is 5.11 Å². The van der Waals surface area contributed by atoms with Crippen molar-refractivity contribution in [3.63, 3.8) is 0 Å². The van der Waals surface area contributed by atoms with Crippen molar-refractivity contribution in [1.29, 1.82) is 0 Å². The third-order valence-electron chi connectivity index (χ3n) is 4.61. The number of hydrogen-bond donors (Lipinski definition) is 4. The van der Waals surface area contributed by atoms with E-state index in [2.05, 4.69) is 15.5 Å². The fraction of sp³-hybridized carbons (Fsp3) is 0.227. The molecule has 1 aromatic heterocycles. The van der Waals surface area contributed by atoms with Crippen molar-refractivity contribution < 1.29 is 19.8 Å². The van der Waals surface area contributed by atoms with E-state index in [0.29, 0.717) is 6.42 Å². The van der Waals surface area contributed by atoms with E-state index in [0.717, 1.165) is 22.4 Å². The van der Waals surface area contributed by atoms with Crippen LogP contribution < -0.4 is 5.32 Å². The predicted molar refractivity (Wildman–Crippen MR) is 108 cm³/mol. The quantitative estimate of drug-likeness (QED) is 0.469. The average Bonchev–Trinajstić information content (AvgIpc) is 3.15. The van der Waals surface area contributed by atoms with Crippen LogP contribution in [0.4, 0.5) is 0 Å². The number of aryl methyl sites for hydroxylation is 1. The highest BCUT2D eigenvalue weighted by molar-refractivity contribution is 5.92. The molecule has 0 aliphatic heterocycles. The van der Waals surface area contributed by atoms with Gasteiger partial charge in [-0.3, -0.25) is 9.89 Å². The average molecular weight is 393 g/mol. The molecule has 0 saturated carbocycles. The van der Waals surface area contributed by atoms with E-state index >= 15 is 0 Å². The lowest BCUT2D eigenvalue weighted by Gasteiger charge is -2.20. The minimum atomic E-state index is -1.56. The number of carboxylic acid groups (broad SMARTS) is 1. The molecule has 7 nitrogen and oxygen atoms in total. The van der Waals surface area contributed by atoms with E-state index in [-0.39, 0.29) is 12.1 Å². The first-order valence-electron chi connectivity index (χ1n) is 9.30. The number of aromatic amines is 1. The highest BCUT2D eigenvalue weighted by atomic mass is 16.4. The number of nitrogens with one attached hydrogen (secondary N) is 2. The molecule has 0 spiro atoms. The number of aromatic nitrogens is 2. The molecule has 29 heavy (non-hydrogen) atoms. The summed E-state index contributed by atoms with van der Waals surface area (Å²) in [7, 11) is 0. The van der Waals surface area contributed by atoms with E-state index in [9.17, 15) is 14.7 Å². The second-order valence-corrected chi connectivity index (χ2v) is 6.96. The number of amides is 1. The van der Waals surface area contributed by atoms with Crippen LogP contribution in [0.2, 0.25) is 0 Å². The number of aliphatic hydroxyl groups excluding tert-OH is 1. The van der Waals surface area contributed by atoms with Gasteiger partial charge in [0.1, 0.15) is 5.69 Å². The van der Waals surface area contributed by atoms with Gasteiger partial charge in [-0.25, -0.2) is 4.79 Å². The number of hydrogen-bond acceptors (Lipinski definition) is 4. The number of carbonyl (C=O) groups is 2. The maximum absolute atomic E-state index is 12.4. The van der Waals surface area contributed by atoms with Gasteiger partial charge < -0.3 is 15.5 Å². The summed E-state index contributed by atoms with van der Waals surface area (Å²) in [5.41, 5.74) is 4.04. The summed E-state index contributed by atoms with van der Waals surface area (Å²) in [6.45, 7) is 1.78. The largest absolute Gasteiger partial charge is 0.479 e. The highest BCUT2D eigenvalue weighted by Crippen LogP contribution is 2.20. The van der Waals surface area contributed by atoms with Gasteiger partial charge >= 0.3 is 5.97 Å². The molecule has 2 aromatic carbocycles. The molecule has 1 unspecified atom stereocenters. The van der Waals surface area contributed by atoms with Gasteiger partial charge in [-0.2, -0.15) is 5.10 Å². The van der Waals surface area contributed by atoms with Crippen molar-refractivity contribution in [3.8, 4) is 11.1 Å². The first kappa shape index (κ1) is 20.3. The second-order valence-electron chi connectivity index (χ2n) is 6.96. The Labute approximate surface area is 168 Å². The Morgan fingerprint density at radius 3 is 2.31 bits per heavy atom. The Kier molecular flexibility index (Phi) is 6.41. The number of aliphatic hydroxyl groups is 1. The minimum Gasteiger partial charge on any atom is -0.479 e. The monoisotopic (exact) mass is 393 g/mol. The van der Waals surface area contributed by atoms with E-state index in [1.807, 2.05) is 54.6 Å². The fourth-order valence-electron chi connectivity index (χ4n) is 3.11. The molecule has 150 valence electrons. The van der Waals surface area contributed by atoms with Crippen molar-refractivity contribution in [2.75, 3.05) is 0 Å². The first-order valence-corrected chi connectivity index (χ1v) is 9.30. The molecule has 3 rings (SSSR count). The molecule has 3 aromatic rings. The Morgan fingerprint density at radius 2 is 1.72 bits per heavy atom. The Morgan fingerprint density at radius 1 is 1.07 bits per heavy atom. The summed E-state index contributed by atoms with van der Waals surface area (Å²) in [5.74, 6) is -1.74. The Balaban J connectivity index is 1.73. The van der Waals surface area contributed by atoms with Crippen LogP contribution in [-0.4, -0.2) is 44.4 Å². The molecule has 0 fully saturated rings. The molecule has 0 aliphatic carbocycles. The van der Waals surface area contributed by atoms with Gasteiger partial charge in [-0.15, -0.1) is 0 Å². The third kappa shape index (κ3) is 5.52. The summed E-state index contributed by atoms with van der Waals surface area (Å²) in [6.07, 6.45) is -1.29. The van der Waals surface area contributed by atoms with Gasteiger partial charge in [0.05, 0.1) is 0 Å². The lowest BCUT2D eigenvalue weighted by atomic mass is 9.97. The Hall–Kier alpha value is -3.45. The van der Waals surface area contributed by atoms with Crippen molar-refractivity contribution >= 4 is 11.9 Å². The lowest BCUT2D eigenvalue weighted by molar-refractivity contribution is -0.147. The number of benzene rings is 2. The van der Waals surface area contributed by atoms with Crippen LogP contribution in [0.3, 0.4) is 0 Å². The first-order chi connectivity index (χ1) is 13.9. The highest BCUT2D eigenvalue weighted by Gasteiger charge is 2.23. The van der Waals surface area contributed by atoms with Crippen LogP contribution in [-0.2, 0) is 11.2 Å². The molecule has 0 bridgehead atoms. The second kappa shape index (κ2) is 9.16. The van der Waals surface area contributed by atoms with Crippen molar-refractivity contribution in [3.05, 3.63) is 77.6 Å². The molecule has 7 heteroatoms. The molecule has 4 N–H and O–H groups in total.